The molecule has 1 rings (SSSR count). The van der Waals surface area contributed by atoms with Gasteiger partial charge in [-0.2, -0.15) is 8.78 Å². The van der Waals surface area contributed by atoms with Gasteiger partial charge in [0.1, 0.15) is 17.2 Å². The van der Waals surface area contributed by atoms with E-state index in [1.165, 1.54) is 0 Å². The monoisotopic (exact) mass is 234 g/mol. The normalized spacial score (nSPS) is 11.4. The molecule has 0 aliphatic rings. The lowest BCUT2D eigenvalue weighted by molar-refractivity contribution is -0.164. The van der Waals surface area contributed by atoms with E-state index in [1.54, 1.807) is 0 Å². The lowest BCUT2D eigenvalue weighted by Crippen LogP contribution is -2.30. The first-order valence-electron chi connectivity index (χ1n) is 4.09. The van der Waals surface area contributed by atoms with E-state index >= 15 is 0 Å². The van der Waals surface area contributed by atoms with Gasteiger partial charge >= 0.3 is 11.9 Å². The molecule has 0 spiro atoms. The van der Waals surface area contributed by atoms with Crippen molar-refractivity contribution in [3.8, 4) is 17.2 Å². The molecule has 0 aliphatic carbocycles. The van der Waals surface area contributed by atoms with Crippen molar-refractivity contribution in [2.45, 2.75) is 12.3 Å². The number of rotatable bonds is 3. The molecule has 0 aliphatic heterocycles. The summed E-state index contributed by atoms with van der Waals surface area (Å²) in [5.41, 5.74) is -0.634. The molecule has 88 valence electrons. The number of hydrogen-bond acceptors (Lipinski definition) is 4. The number of aliphatic carboxylic acids is 1. The molecule has 0 aromatic heterocycles. The summed E-state index contributed by atoms with van der Waals surface area (Å²) in [7, 11) is 0. The highest BCUT2D eigenvalue weighted by Gasteiger charge is 2.40. The van der Waals surface area contributed by atoms with Crippen LogP contribution in [0.4, 0.5) is 8.78 Å². The largest absolute Gasteiger partial charge is 0.508 e. The molecule has 0 atom stereocenters. The van der Waals surface area contributed by atoms with Crippen LogP contribution in [0.5, 0.6) is 17.2 Å². The van der Waals surface area contributed by atoms with Gasteiger partial charge in [0.05, 0.1) is 6.42 Å². The van der Waals surface area contributed by atoms with Crippen LogP contribution in [0.3, 0.4) is 0 Å². The van der Waals surface area contributed by atoms with Gasteiger partial charge in [0.2, 0.25) is 0 Å². The zero-order valence-corrected chi connectivity index (χ0v) is 7.81. The van der Waals surface area contributed by atoms with Crippen molar-refractivity contribution < 1.29 is 34.0 Å². The van der Waals surface area contributed by atoms with Crippen molar-refractivity contribution in [1.82, 2.24) is 0 Å². The van der Waals surface area contributed by atoms with Crippen LogP contribution in [-0.4, -0.2) is 32.3 Å². The van der Waals surface area contributed by atoms with Crippen molar-refractivity contribution >= 4 is 5.97 Å². The fourth-order valence-corrected chi connectivity index (χ4v) is 1.11. The first-order valence-corrected chi connectivity index (χ1v) is 4.09. The molecular weight excluding hydrogens is 226 g/mol. The Bertz CT molecular complexity index is 407. The summed E-state index contributed by atoms with van der Waals surface area (Å²) in [4.78, 5) is 10.2. The maximum Gasteiger partial charge on any atom is 0.374 e. The summed E-state index contributed by atoms with van der Waals surface area (Å²) in [6.45, 7) is 0. The summed E-state index contributed by atoms with van der Waals surface area (Å²) < 4.78 is 25.6. The van der Waals surface area contributed by atoms with E-state index in [1.807, 2.05) is 0 Å². The molecular formula is C9H8F2O5. The minimum absolute atomic E-state index is 0.516. The molecule has 0 bridgehead atoms. The second kappa shape index (κ2) is 3.84. The predicted molar refractivity (Wildman–Crippen MR) is 47.7 cm³/mol. The molecule has 0 fully saturated rings. The number of phenolic OH excluding ortho intramolecular Hbond substituents is 3. The maximum atomic E-state index is 12.8. The zero-order valence-electron chi connectivity index (χ0n) is 7.81. The standard InChI is InChI=1S/C9H8F2O5/c10-9(11,8(15)16)3-5-6(13)1-4(12)2-7(5)14/h1-2,12-14H,3H2,(H,15,16). The average Bonchev–Trinajstić information content (AvgIpc) is 2.11. The number of carbonyl (C=O) groups is 1. The number of carboxylic acids is 1. The van der Waals surface area contributed by atoms with Crippen molar-refractivity contribution in [1.29, 1.82) is 0 Å². The number of benzene rings is 1. The van der Waals surface area contributed by atoms with Gasteiger partial charge in [-0.05, 0) is 0 Å². The van der Waals surface area contributed by atoms with Gasteiger partial charge in [0.25, 0.3) is 0 Å². The van der Waals surface area contributed by atoms with Crippen LogP contribution in [0.2, 0.25) is 0 Å². The van der Waals surface area contributed by atoms with Gasteiger partial charge in [-0.25, -0.2) is 4.79 Å². The number of carboxylic acid groups (broad SMARTS) is 1. The third-order valence-electron chi connectivity index (χ3n) is 1.90. The Morgan fingerprint density at radius 2 is 1.62 bits per heavy atom. The molecule has 16 heavy (non-hydrogen) atoms. The Morgan fingerprint density at radius 1 is 1.19 bits per heavy atom. The molecule has 4 N–H and O–H groups in total. The lowest BCUT2D eigenvalue weighted by Gasteiger charge is -2.13. The van der Waals surface area contributed by atoms with Crippen LogP contribution in [0.15, 0.2) is 12.1 Å². The van der Waals surface area contributed by atoms with E-state index < -0.39 is 41.1 Å². The summed E-state index contributed by atoms with van der Waals surface area (Å²) in [6.07, 6.45) is -1.36. The summed E-state index contributed by atoms with van der Waals surface area (Å²) >= 11 is 0. The van der Waals surface area contributed by atoms with Crippen LogP contribution in [0.25, 0.3) is 0 Å². The van der Waals surface area contributed by atoms with Crippen LogP contribution < -0.4 is 0 Å². The van der Waals surface area contributed by atoms with E-state index in [2.05, 4.69) is 0 Å². The van der Waals surface area contributed by atoms with E-state index in [4.69, 9.17) is 10.2 Å². The smallest absolute Gasteiger partial charge is 0.374 e. The quantitative estimate of drug-likeness (QED) is 0.627. The van der Waals surface area contributed by atoms with Crippen molar-refractivity contribution in [3.63, 3.8) is 0 Å². The Hall–Kier alpha value is -2.05. The van der Waals surface area contributed by atoms with Gasteiger partial charge < -0.3 is 20.4 Å². The Morgan fingerprint density at radius 3 is 2.00 bits per heavy atom. The number of alkyl halides is 2. The van der Waals surface area contributed by atoms with Crippen molar-refractivity contribution in [3.05, 3.63) is 17.7 Å². The second-order valence-electron chi connectivity index (χ2n) is 3.15. The molecule has 0 radical (unpaired) electrons. The van der Waals surface area contributed by atoms with E-state index in [-0.39, 0.29) is 0 Å². The van der Waals surface area contributed by atoms with E-state index in [0.717, 1.165) is 12.1 Å². The lowest BCUT2D eigenvalue weighted by atomic mass is 10.0. The highest BCUT2D eigenvalue weighted by molar-refractivity contribution is 5.76. The highest BCUT2D eigenvalue weighted by Crippen LogP contribution is 2.35. The first kappa shape index (κ1) is 12.0. The SMILES string of the molecule is O=C(O)C(F)(F)Cc1c(O)cc(O)cc1O. The summed E-state index contributed by atoms with van der Waals surface area (Å²) in [6, 6.07) is 1.46. The maximum absolute atomic E-state index is 12.8. The van der Waals surface area contributed by atoms with Gasteiger partial charge in [-0.3, -0.25) is 0 Å². The van der Waals surface area contributed by atoms with Crippen LogP contribution >= 0.6 is 0 Å². The Kier molecular flexibility index (Phi) is 2.88. The summed E-state index contributed by atoms with van der Waals surface area (Å²) in [5, 5.41) is 35.4. The minimum Gasteiger partial charge on any atom is -0.508 e. The Labute approximate surface area is 88.2 Å². The fraction of sp³-hybridized carbons (Fsp3) is 0.222. The second-order valence-corrected chi connectivity index (χ2v) is 3.15. The van der Waals surface area contributed by atoms with Crippen LogP contribution in [0, 0.1) is 0 Å². The minimum atomic E-state index is -4.11. The van der Waals surface area contributed by atoms with Gasteiger partial charge in [-0.15, -0.1) is 0 Å². The average molecular weight is 234 g/mol. The molecule has 1 aromatic rings. The van der Waals surface area contributed by atoms with Gasteiger partial charge in [-0.1, -0.05) is 0 Å². The highest BCUT2D eigenvalue weighted by atomic mass is 19.3. The number of phenols is 3. The van der Waals surface area contributed by atoms with Crippen molar-refractivity contribution in [2.24, 2.45) is 0 Å². The molecule has 1 aromatic carbocycles. The summed E-state index contributed by atoms with van der Waals surface area (Å²) in [5.74, 6) is -8.57. The topological polar surface area (TPSA) is 98.0 Å². The van der Waals surface area contributed by atoms with Crippen molar-refractivity contribution in [2.75, 3.05) is 0 Å². The molecule has 0 saturated heterocycles. The molecule has 0 amide bonds. The van der Waals surface area contributed by atoms with Gasteiger partial charge in [0.15, 0.2) is 0 Å². The predicted octanol–water partition coefficient (Wildman–Crippen LogP) is 1.07. The molecule has 0 heterocycles. The van der Waals surface area contributed by atoms with E-state index in [9.17, 15) is 23.8 Å². The number of aromatic hydroxyl groups is 3. The number of hydrogen-bond donors (Lipinski definition) is 4. The van der Waals surface area contributed by atoms with Crippen LogP contribution in [0.1, 0.15) is 5.56 Å². The first-order chi connectivity index (χ1) is 7.24. The van der Waals surface area contributed by atoms with E-state index in [0.29, 0.717) is 0 Å². The molecule has 7 heteroatoms. The van der Waals surface area contributed by atoms with Gasteiger partial charge in [0, 0.05) is 17.7 Å². The molecule has 5 nitrogen and oxygen atoms in total. The molecule has 0 saturated carbocycles. The fourth-order valence-electron chi connectivity index (χ4n) is 1.11. The third kappa shape index (κ3) is 2.30. The zero-order chi connectivity index (χ0) is 12.5. The number of halogens is 2. The third-order valence-corrected chi connectivity index (χ3v) is 1.90. The Balaban J connectivity index is 3.11. The van der Waals surface area contributed by atoms with Crippen LogP contribution in [-0.2, 0) is 11.2 Å². The molecule has 0 unspecified atom stereocenters.